The Morgan fingerprint density at radius 2 is 2.03 bits per heavy atom. The number of aliphatic hydroxyl groups is 1. The third kappa shape index (κ3) is 3.73. The number of carbonyl (C=O) groups excluding carboxylic acids is 2. The van der Waals surface area contributed by atoms with Crippen LogP contribution in [0.3, 0.4) is 0 Å². The van der Waals surface area contributed by atoms with Crippen LogP contribution in [-0.4, -0.2) is 45.6 Å². The first-order valence-corrected chi connectivity index (χ1v) is 9.23. The molecule has 0 aromatic heterocycles. The number of nitrogens with zero attached hydrogens (tertiary/aromatic N) is 2. The number of esters is 1. The van der Waals surface area contributed by atoms with E-state index in [1.165, 1.54) is 29.2 Å². The van der Waals surface area contributed by atoms with Gasteiger partial charge in [0.15, 0.2) is 0 Å². The molecule has 1 saturated heterocycles. The molecule has 154 valence electrons. The van der Waals surface area contributed by atoms with E-state index in [-0.39, 0.29) is 29.9 Å². The fraction of sp³-hybridized carbons (Fsp3) is 0.400. The molecule has 3 rings (SSSR count). The highest BCUT2D eigenvalue weighted by Gasteiger charge is 2.57. The van der Waals surface area contributed by atoms with E-state index in [4.69, 9.17) is 9.47 Å². The Morgan fingerprint density at radius 3 is 2.59 bits per heavy atom. The summed E-state index contributed by atoms with van der Waals surface area (Å²) in [6, 6.07) is 5.30. The number of hydrogen-bond acceptors (Lipinski definition) is 7. The number of carbonyl (C=O) groups is 2. The summed E-state index contributed by atoms with van der Waals surface area (Å²) >= 11 is 0. The predicted molar refractivity (Wildman–Crippen MR) is 101 cm³/mol. The van der Waals surface area contributed by atoms with Gasteiger partial charge in [-0.15, -0.1) is 0 Å². The quantitative estimate of drug-likeness (QED) is 0.232. The van der Waals surface area contributed by atoms with E-state index in [1.54, 1.807) is 13.8 Å². The van der Waals surface area contributed by atoms with Crippen molar-refractivity contribution in [1.82, 2.24) is 4.90 Å². The first-order chi connectivity index (χ1) is 13.8. The lowest BCUT2D eigenvalue weighted by Gasteiger charge is -2.44. The zero-order chi connectivity index (χ0) is 21.3. The number of rotatable bonds is 8. The summed E-state index contributed by atoms with van der Waals surface area (Å²) in [6.07, 6.45) is -0.483. The molecular weight excluding hydrogens is 380 g/mol. The smallest absolute Gasteiger partial charge is 0.355 e. The molecule has 9 nitrogen and oxygen atoms in total. The summed E-state index contributed by atoms with van der Waals surface area (Å²) in [4.78, 5) is 36.8. The van der Waals surface area contributed by atoms with Gasteiger partial charge >= 0.3 is 5.97 Å². The largest absolute Gasteiger partial charge is 0.494 e. The average molecular weight is 402 g/mol. The van der Waals surface area contributed by atoms with Gasteiger partial charge in [0.05, 0.1) is 29.6 Å². The van der Waals surface area contributed by atoms with Crippen molar-refractivity contribution in [3.63, 3.8) is 0 Å². The minimum atomic E-state index is -0.833. The van der Waals surface area contributed by atoms with Gasteiger partial charge in [-0.05, 0) is 31.5 Å². The first kappa shape index (κ1) is 20.5. The second-order valence-corrected chi connectivity index (χ2v) is 6.93. The fourth-order valence-electron chi connectivity index (χ4n) is 3.70. The zero-order valence-electron chi connectivity index (χ0n) is 16.2. The third-order valence-electron chi connectivity index (χ3n) is 5.09. The Balaban J connectivity index is 1.78. The van der Waals surface area contributed by atoms with Crippen molar-refractivity contribution < 1.29 is 29.1 Å². The van der Waals surface area contributed by atoms with Crippen molar-refractivity contribution in [3.05, 3.63) is 63.6 Å². The lowest BCUT2D eigenvalue weighted by atomic mass is 9.83. The predicted octanol–water partition coefficient (Wildman–Crippen LogP) is 2.05. The number of benzene rings is 1. The van der Waals surface area contributed by atoms with Crippen LogP contribution < -0.4 is 0 Å². The molecule has 0 bridgehead atoms. The van der Waals surface area contributed by atoms with Gasteiger partial charge < -0.3 is 19.5 Å². The standard InChI is InChI=1S/C20H22N2O7/c1-4-28-12(3)15-9-16-17(11(2)23)19(24)21(16)18(15)20(25)29-10-13-5-7-14(8-6-13)22(26)27/h5-8,11,16-17,23H,3-4,9-10H2,1-2H3/t11-,16-,17-/m1/s1. The van der Waals surface area contributed by atoms with Crippen molar-refractivity contribution in [2.24, 2.45) is 5.92 Å². The van der Waals surface area contributed by atoms with Crippen LogP contribution in [0, 0.1) is 16.0 Å². The van der Waals surface area contributed by atoms with Gasteiger partial charge in [-0.1, -0.05) is 6.58 Å². The molecule has 1 N–H and O–H groups in total. The molecule has 0 aliphatic carbocycles. The number of ether oxygens (including phenoxy) is 2. The van der Waals surface area contributed by atoms with E-state index < -0.39 is 22.9 Å². The van der Waals surface area contributed by atoms with E-state index in [2.05, 4.69) is 6.58 Å². The summed E-state index contributed by atoms with van der Waals surface area (Å²) in [5.41, 5.74) is 1.08. The van der Waals surface area contributed by atoms with Crippen LogP contribution in [0.5, 0.6) is 0 Å². The number of hydrogen-bond donors (Lipinski definition) is 1. The van der Waals surface area contributed by atoms with Crippen LogP contribution in [0.25, 0.3) is 0 Å². The number of nitro groups is 1. The van der Waals surface area contributed by atoms with Gasteiger partial charge in [-0.25, -0.2) is 4.79 Å². The Bertz CT molecular complexity index is 889. The molecule has 1 aromatic carbocycles. The number of non-ortho nitro benzene ring substituents is 1. The molecule has 0 radical (unpaired) electrons. The van der Waals surface area contributed by atoms with Crippen LogP contribution in [0.4, 0.5) is 5.69 Å². The summed E-state index contributed by atoms with van der Waals surface area (Å²) in [7, 11) is 0. The molecule has 1 aromatic rings. The molecule has 29 heavy (non-hydrogen) atoms. The number of fused-ring (bicyclic) bond motifs is 1. The van der Waals surface area contributed by atoms with Crippen LogP contribution >= 0.6 is 0 Å². The zero-order valence-corrected chi connectivity index (χ0v) is 16.2. The van der Waals surface area contributed by atoms with Crippen molar-refractivity contribution in [3.8, 4) is 0 Å². The number of allylic oxidation sites excluding steroid dienone is 1. The fourth-order valence-corrected chi connectivity index (χ4v) is 3.70. The summed E-state index contributed by atoms with van der Waals surface area (Å²) in [6.45, 7) is 7.41. The van der Waals surface area contributed by atoms with E-state index >= 15 is 0 Å². The molecule has 9 heteroatoms. The molecule has 2 heterocycles. The summed E-state index contributed by atoms with van der Waals surface area (Å²) in [5.74, 6) is -1.34. The molecule has 3 atom stereocenters. The van der Waals surface area contributed by atoms with Crippen LogP contribution in [0.1, 0.15) is 25.8 Å². The molecule has 0 spiro atoms. The highest BCUT2D eigenvalue weighted by molar-refractivity contribution is 6.01. The van der Waals surface area contributed by atoms with Gasteiger partial charge in [0.2, 0.25) is 5.91 Å². The Labute approximate surface area is 167 Å². The lowest BCUT2D eigenvalue weighted by molar-refractivity contribution is -0.384. The molecule has 1 amide bonds. The number of β-lactam (4-membered cyclic amide) rings is 1. The van der Waals surface area contributed by atoms with Gasteiger partial charge in [0.1, 0.15) is 18.1 Å². The van der Waals surface area contributed by atoms with Gasteiger partial charge in [0, 0.05) is 24.1 Å². The minimum Gasteiger partial charge on any atom is -0.494 e. The summed E-state index contributed by atoms with van der Waals surface area (Å²) in [5, 5.41) is 20.6. The van der Waals surface area contributed by atoms with Crippen molar-refractivity contribution in [1.29, 1.82) is 0 Å². The van der Waals surface area contributed by atoms with Crippen LogP contribution in [-0.2, 0) is 25.7 Å². The van der Waals surface area contributed by atoms with E-state index in [0.717, 1.165) is 0 Å². The van der Waals surface area contributed by atoms with E-state index in [1.807, 2.05) is 0 Å². The third-order valence-corrected chi connectivity index (χ3v) is 5.09. The number of aliphatic hydroxyl groups excluding tert-OH is 1. The van der Waals surface area contributed by atoms with Gasteiger partial charge in [0.25, 0.3) is 5.69 Å². The number of amides is 1. The highest BCUT2D eigenvalue weighted by atomic mass is 16.6. The van der Waals surface area contributed by atoms with Crippen molar-refractivity contribution in [2.75, 3.05) is 6.61 Å². The molecule has 2 aliphatic rings. The van der Waals surface area contributed by atoms with Crippen LogP contribution in [0.15, 0.2) is 47.9 Å². The van der Waals surface area contributed by atoms with Gasteiger partial charge in [-0.3, -0.25) is 14.9 Å². The highest BCUT2D eigenvalue weighted by Crippen LogP contribution is 2.45. The molecule has 2 aliphatic heterocycles. The Morgan fingerprint density at radius 1 is 1.38 bits per heavy atom. The molecule has 0 saturated carbocycles. The second kappa shape index (κ2) is 8.04. The Hall–Kier alpha value is -3.20. The molecular formula is C20H22N2O7. The van der Waals surface area contributed by atoms with E-state index in [0.29, 0.717) is 29.9 Å². The SMILES string of the molecule is C=C(OCC)C1=C(C(=O)OCc2ccc([N+](=O)[O-])cc2)N2C(=O)[C@H]([C@@H](C)O)[C@H]2C1. The maximum absolute atomic E-state index is 12.8. The topological polar surface area (TPSA) is 119 Å². The van der Waals surface area contributed by atoms with Crippen LogP contribution in [0.2, 0.25) is 0 Å². The monoisotopic (exact) mass is 402 g/mol. The molecule has 0 unspecified atom stereocenters. The van der Waals surface area contributed by atoms with Crippen molar-refractivity contribution in [2.45, 2.75) is 39.0 Å². The summed E-state index contributed by atoms with van der Waals surface area (Å²) < 4.78 is 10.8. The maximum atomic E-state index is 12.8. The molecule has 1 fully saturated rings. The van der Waals surface area contributed by atoms with E-state index in [9.17, 15) is 24.8 Å². The first-order valence-electron chi connectivity index (χ1n) is 9.23. The normalized spacial score (nSPS) is 21.3. The maximum Gasteiger partial charge on any atom is 0.355 e. The Kier molecular flexibility index (Phi) is 5.69. The minimum absolute atomic E-state index is 0.0629. The van der Waals surface area contributed by atoms with Gasteiger partial charge in [-0.2, -0.15) is 0 Å². The second-order valence-electron chi connectivity index (χ2n) is 6.93. The lowest BCUT2D eigenvalue weighted by Crippen LogP contribution is -2.61. The van der Waals surface area contributed by atoms with Crippen molar-refractivity contribution >= 4 is 17.6 Å². The number of nitro benzene ring substituents is 1. The average Bonchev–Trinajstić information content (AvgIpc) is 3.01.